The standard InChI is InChI=1S/C20H22N4O4S/c25-29(26,16-5-6-18-19(11-16)28-10-9-27-18)24-8-2-3-15(13-24)12-23-14-22-17-4-1-7-21-20(17)23/h1,4-7,11,14-15H,2-3,8-10,12-13H2. The molecule has 0 saturated carbocycles. The zero-order chi connectivity index (χ0) is 19.8. The number of hydrogen-bond donors (Lipinski definition) is 0. The van der Waals surface area contributed by atoms with Gasteiger partial charge in [-0.3, -0.25) is 0 Å². The van der Waals surface area contributed by atoms with E-state index >= 15 is 0 Å². The normalized spacial score (nSPS) is 20.1. The van der Waals surface area contributed by atoms with E-state index in [1.807, 2.05) is 16.7 Å². The molecule has 1 atom stereocenters. The number of piperidine rings is 1. The molecular weight excluding hydrogens is 392 g/mol. The number of sulfonamides is 1. The summed E-state index contributed by atoms with van der Waals surface area (Å²) < 4.78 is 41.1. The number of hydrogen-bond acceptors (Lipinski definition) is 6. The molecule has 2 aliphatic rings. The van der Waals surface area contributed by atoms with Gasteiger partial charge in [0.15, 0.2) is 17.1 Å². The highest BCUT2D eigenvalue weighted by Gasteiger charge is 2.31. The third-order valence-electron chi connectivity index (χ3n) is 5.46. The van der Waals surface area contributed by atoms with Gasteiger partial charge in [-0.2, -0.15) is 4.31 Å². The van der Waals surface area contributed by atoms with Crippen molar-refractivity contribution in [2.45, 2.75) is 24.3 Å². The van der Waals surface area contributed by atoms with Crippen molar-refractivity contribution in [1.82, 2.24) is 18.8 Å². The van der Waals surface area contributed by atoms with E-state index in [-0.39, 0.29) is 10.8 Å². The second-order valence-corrected chi connectivity index (χ2v) is 9.36. The van der Waals surface area contributed by atoms with Crippen LogP contribution in [-0.2, 0) is 16.6 Å². The summed E-state index contributed by atoms with van der Waals surface area (Å²) >= 11 is 0. The SMILES string of the molecule is O=S(=O)(c1ccc2c(c1)OCCO2)N1CCCC(Cn2cnc3cccnc32)C1. The molecule has 9 heteroatoms. The molecule has 0 amide bonds. The van der Waals surface area contributed by atoms with Crippen LogP contribution in [0.5, 0.6) is 11.5 Å². The molecule has 0 N–H and O–H groups in total. The molecule has 1 unspecified atom stereocenters. The van der Waals surface area contributed by atoms with Crippen LogP contribution in [0.3, 0.4) is 0 Å². The molecule has 1 saturated heterocycles. The third kappa shape index (κ3) is 3.44. The Morgan fingerprint density at radius 3 is 2.86 bits per heavy atom. The number of pyridine rings is 1. The number of imidazole rings is 1. The Hall–Kier alpha value is -2.65. The van der Waals surface area contributed by atoms with Crippen molar-refractivity contribution in [3.05, 3.63) is 42.9 Å². The summed E-state index contributed by atoms with van der Waals surface area (Å²) in [6.45, 7) is 2.60. The second kappa shape index (κ2) is 7.31. The molecule has 29 heavy (non-hydrogen) atoms. The van der Waals surface area contributed by atoms with E-state index < -0.39 is 10.0 Å². The van der Waals surface area contributed by atoms with Crippen LogP contribution in [-0.4, -0.2) is 53.6 Å². The van der Waals surface area contributed by atoms with E-state index in [0.717, 1.165) is 24.0 Å². The van der Waals surface area contributed by atoms with E-state index in [1.54, 1.807) is 35.0 Å². The Bertz CT molecular complexity index is 1140. The molecule has 1 aromatic carbocycles. The lowest BCUT2D eigenvalue weighted by atomic mass is 10.00. The smallest absolute Gasteiger partial charge is 0.243 e. The summed E-state index contributed by atoms with van der Waals surface area (Å²) in [5.41, 5.74) is 1.68. The van der Waals surface area contributed by atoms with Gasteiger partial charge in [0, 0.05) is 31.9 Å². The molecule has 1 fully saturated rings. The molecule has 152 valence electrons. The van der Waals surface area contributed by atoms with Crippen LogP contribution in [0.2, 0.25) is 0 Å². The molecular formula is C20H22N4O4S. The van der Waals surface area contributed by atoms with Gasteiger partial charge in [-0.25, -0.2) is 18.4 Å². The van der Waals surface area contributed by atoms with E-state index in [2.05, 4.69) is 9.97 Å². The van der Waals surface area contributed by atoms with Crippen LogP contribution < -0.4 is 9.47 Å². The monoisotopic (exact) mass is 414 g/mol. The van der Waals surface area contributed by atoms with Crippen molar-refractivity contribution in [1.29, 1.82) is 0 Å². The van der Waals surface area contributed by atoms with Gasteiger partial charge >= 0.3 is 0 Å². The van der Waals surface area contributed by atoms with E-state index in [4.69, 9.17) is 9.47 Å². The zero-order valence-corrected chi connectivity index (χ0v) is 16.7. The lowest BCUT2D eigenvalue weighted by molar-refractivity contribution is 0.171. The summed E-state index contributed by atoms with van der Waals surface area (Å²) in [5.74, 6) is 1.28. The Balaban J connectivity index is 1.36. The number of ether oxygens (including phenoxy) is 2. The van der Waals surface area contributed by atoms with Crippen LogP contribution in [0.1, 0.15) is 12.8 Å². The van der Waals surface area contributed by atoms with Gasteiger partial charge in [0.25, 0.3) is 0 Å². The Morgan fingerprint density at radius 2 is 1.97 bits per heavy atom. The fraction of sp³-hybridized carbons (Fsp3) is 0.400. The first-order chi connectivity index (χ1) is 14.1. The molecule has 2 aromatic heterocycles. The molecule has 4 heterocycles. The fourth-order valence-electron chi connectivity index (χ4n) is 4.04. The van der Waals surface area contributed by atoms with Gasteiger partial charge in [-0.15, -0.1) is 0 Å². The second-order valence-electron chi connectivity index (χ2n) is 7.42. The minimum absolute atomic E-state index is 0.204. The van der Waals surface area contributed by atoms with Crippen molar-refractivity contribution in [2.75, 3.05) is 26.3 Å². The van der Waals surface area contributed by atoms with Crippen molar-refractivity contribution in [3.63, 3.8) is 0 Å². The lowest BCUT2D eigenvalue weighted by Crippen LogP contribution is -2.41. The number of aromatic nitrogens is 3. The van der Waals surface area contributed by atoms with Crippen LogP contribution in [0.4, 0.5) is 0 Å². The first-order valence-corrected chi connectivity index (χ1v) is 11.2. The van der Waals surface area contributed by atoms with Gasteiger partial charge in [-0.05, 0) is 43.0 Å². The molecule has 0 bridgehead atoms. The first kappa shape index (κ1) is 18.4. The largest absolute Gasteiger partial charge is 0.486 e. The molecule has 2 aliphatic heterocycles. The summed E-state index contributed by atoms with van der Waals surface area (Å²) in [4.78, 5) is 9.04. The molecule has 0 aliphatic carbocycles. The van der Waals surface area contributed by atoms with E-state index in [1.165, 1.54) is 0 Å². The van der Waals surface area contributed by atoms with Gasteiger partial charge in [0.05, 0.1) is 11.2 Å². The maximum Gasteiger partial charge on any atom is 0.243 e. The van der Waals surface area contributed by atoms with Gasteiger partial charge in [0.1, 0.15) is 18.7 Å². The minimum Gasteiger partial charge on any atom is -0.486 e. The lowest BCUT2D eigenvalue weighted by Gasteiger charge is -2.32. The number of nitrogens with zero attached hydrogens (tertiary/aromatic N) is 4. The predicted molar refractivity (Wildman–Crippen MR) is 106 cm³/mol. The summed E-state index contributed by atoms with van der Waals surface area (Å²) in [6, 6.07) is 8.63. The average molecular weight is 414 g/mol. The van der Waals surface area contributed by atoms with Crippen LogP contribution >= 0.6 is 0 Å². The Morgan fingerprint density at radius 1 is 1.10 bits per heavy atom. The predicted octanol–water partition coefficient (Wildman–Crippen LogP) is 2.30. The highest BCUT2D eigenvalue weighted by atomic mass is 32.2. The average Bonchev–Trinajstić information content (AvgIpc) is 3.16. The van der Waals surface area contributed by atoms with E-state index in [9.17, 15) is 8.42 Å². The molecule has 0 spiro atoms. The summed E-state index contributed by atoms with van der Waals surface area (Å²) in [5, 5.41) is 0. The maximum atomic E-state index is 13.2. The van der Waals surface area contributed by atoms with Gasteiger partial charge in [0.2, 0.25) is 10.0 Å². The highest BCUT2D eigenvalue weighted by Crippen LogP contribution is 2.34. The molecule has 3 aromatic rings. The van der Waals surface area contributed by atoms with Crippen LogP contribution in [0.25, 0.3) is 11.2 Å². The number of rotatable bonds is 4. The third-order valence-corrected chi connectivity index (χ3v) is 7.32. The molecule has 8 nitrogen and oxygen atoms in total. The number of fused-ring (bicyclic) bond motifs is 2. The van der Waals surface area contributed by atoms with Crippen LogP contribution in [0.15, 0.2) is 47.8 Å². The zero-order valence-electron chi connectivity index (χ0n) is 15.9. The first-order valence-electron chi connectivity index (χ1n) is 9.77. The topological polar surface area (TPSA) is 86.6 Å². The fourth-order valence-corrected chi connectivity index (χ4v) is 5.61. The Labute approximate surface area is 169 Å². The van der Waals surface area contributed by atoms with Crippen molar-refractivity contribution in [3.8, 4) is 11.5 Å². The molecule has 0 radical (unpaired) electrons. The Kier molecular flexibility index (Phi) is 4.63. The van der Waals surface area contributed by atoms with Crippen molar-refractivity contribution >= 4 is 21.2 Å². The summed E-state index contributed by atoms with van der Waals surface area (Å²) in [6.07, 6.45) is 5.33. The van der Waals surface area contributed by atoms with E-state index in [0.29, 0.717) is 44.3 Å². The highest BCUT2D eigenvalue weighted by molar-refractivity contribution is 7.89. The molecule has 5 rings (SSSR count). The summed E-state index contributed by atoms with van der Waals surface area (Å²) in [7, 11) is -3.59. The van der Waals surface area contributed by atoms with Crippen molar-refractivity contribution in [2.24, 2.45) is 5.92 Å². The maximum absolute atomic E-state index is 13.2. The van der Waals surface area contributed by atoms with Crippen LogP contribution in [0, 0.1) is 5.92 Å². The van der Waals surface area contributed by atoms with Gasteiger partial charge < -0.3 is 14.0 Å². The quantitative estimate of drug-likeness (QED) is 0.651. The van der Waals surface area contributed by atoms with Crippen molar-refractivity contribution < 1.29 is 17.9 Å². The minimum atomic E-state index is -3.59. The van der Waals surface area contributed by atoms with Gasteiger partial charge in [-0.1, -0.05) is 0 Å². The number of benzene rings is 1.